The van der Waals surface area contributed by atoms with E-state index >= 15 is 0 Å². The lowest BCUT2D eigenvalue weighted by Gasteiger charge is -2.10. The maximum atomic E-state index is 11.9. The van der Waals surface area contributed by atoms with Crippen LogP contribution in [-0.2, 0) is 14.3 Å². The topological polar surface area (TPSA) is 125 Å². The van der Waals surface area contributed by atoms with E-state index in [9.17, 15) is 19.2 Å². The minimum Gasteiger partial charge on any atom is -0.482 e. The van der Waals surface area contributed by atoms with Crippen LogP contribution in [0.4, 0.5) is 5.69 Å². The Hall–Kier alpha value is -3.68. The molecule has 0 heterocycles. The van der Waals surface area contributed by atoms with Crippen molar-refractivity contribution in [2.75, 3.05) is 18.5 Å². The van der Waals surface area contributed by atoms with Crippen molar-refractivity contribution in [2.24, 2.45) is 5.73 Å². The Morgan fingerprint density at radius 3 is 2.29 bits per heavy atom. The lowest BCUT2D eigenvalue weighted by atomic mass is 10.1. The van der Waals surface area contributed by atoms with Gasteiger partial charge in [-0.05, 0) is 36.4 Å². The number of ketones is 1. The number of esters is 1. The third-order valence-electron chi connectivity index (χ3n) is 3.68. The molecule has 0 unspecified atom stereocenters. The zero-order chi connectivity index (χ0) is 20.5. The van der Waals surface area contributed by atoms with Crippen molar-refractivity contribution in [1.82, 2.24) is 0 Å². The molecule has 2 amide bonds. The highest BCUT2D eigenvalue weighted by atomic mass is 16.6. The SMILES string of the molecule is CCC(=O)c1ccc(OCC(=O)OCC(=O)Nc2ccccc2C(N)=O)cc1. The number of carbonyl (C=O) groups is 4. The molecule has 0 saturated carbocycles. The van der Waals surface area contributed by atoms with Gasteiger partial charge in [0.2, 0.25) is 0 Å². The fourth-order valence-electron chi connectivity index (χ4n) is 2.26. The number of nitrogens with two attached hydrogens (primary N) is 1. The number of benzene rings is 2. The van der Waals surface area contributed by atoms with Crippen molar-refractivity contribution in [3.05, 3.63) is 59.7 Å². The van der Waals surface area contributed by atoms with Crippen LogP contribution < -0.4 is 15.8 Å². The highest BCUT2D eigenvalue weighted by Gasteiger charge is 2.13. The van der Waals surface area contributed by atoms with Gasteiger partial charge in [-0.1, -0.05) is 19.1 Å². The van der Waals surface area contributed by atoms with E-state index in [4.69, 9.17) is 15.2 Å². The molecule has 0 radical (unpaired) electrons. The van der Waals surface area contributed by atoms with Crippen molar-refractivity contribution in [1.29, 1.82) is 0 Å². The second-order valence-corrected chi connectivity index (χ2v) is 5.71. The summed E-state index contributed by atoms with van der Waals surface area (Å²) in [6.07, 6.45) is 0.401. The summed E-state index contributed by atoms with van der Waals surface area (Å²) >= 11 is 0. The molecule has 2 aromatic rings. The number of primary amides is 1. The van der Waals surface area contributed by atoms with Crippen molar-refractivity contribution in [2.45, 2.75) is 13.3 Å². The number of rotatable bonds is 9. The molecule has 2 aromatic carbocycles. The van der Waals surface area contributed by atoms with Crippen LogP contribution in [0.2, 0.25) is 0 Å². The molecule has 0 fully saturated rings. The summed E-state index contributed by atoms with van der Waals surface area (Å²) < 4.78 is 10.1. The van der Waals surface area contributed by atoms with Crippen LogP contribution >= 0.6 is 0 Å². The van der Waals surface area contributed by atoms with Crippen molar-refractivity contribution in [3.8, 4) is 5.75 Å². The molecule has 0 aliphatic heterocycles. The van der Waals surface area contributed by atoms with Crippen LogP contribution in [0.15, 0.2) is 48.5 Å². The predicted octanol–water partition coefficient (Wildman–Crippen LogP) is 1.94. The third kappa shape index (κ3) is 5.94. The number of carbonyl (C=O) groups excluding carboxylic acids is 4. The lowest BCUT2D eigenvalue weighted by Crippen LogP contribution is -2.25. The van der Waals surface area contributed by atoms with Gasteiger partial charge in [0.15, 0.2) is 19.0 Å². The summed E-state index contributed by atoms with van der Waals surface area (Å²) in [6, 6.07) is 12.6. The number of anilines is 1. The van der Waals surface area contributed by atoms with Crippen LogP contribution in [0.25, 0.3) is 0 Å². The molecule has 0 aliphatic carbocycles. The van der Waals surface area contributed by atoms with E-state index in [1.165, 1.54) is 12.1 Å². The van der Waals surface area contributed by atoms with Gasteiger partial charge in [-0.15, -0.1) is 0 Å². The van der Waals surface area contributed by atoms with Gasteiger partial charge in [-0.3, -0.25) is 14.4 Å². The molecule has 0 bridgehead atoms. The van der Waals surface area contributed by atoms with Gasteiger partial charge in [-0.2, -0.15) is 0 Å². The lowest BCUT2D eigenvalue weighted by molar-refractivity contribution is -0.149. The molecule has 28 heavy (non-hydrogen) atoms. The number of nitrogens with one attached hydrogen (secondary N) is 1. The molecule has 0 aliphatic rings. The fraction of sp³-hybridized carbons (Fsp3) is 0.200. The Kier molecular flexibility index (Phi) is 7.27. The molecular formula is C20H20N2O6. The molecule has 3 N–H and O–H groups in total. The molecule has 8 nitrogen and oxygen atoms in total. The normalized spacial score (nSPS) is 10.0. The molecule has 0 spiro atoms. The molecule has 0 aromatic heterocycles. The van der Waals surface area contributed by atoms with Gasteiger partial charge in [-0.25, -0.2) is 4.79 Å². The first-order chi connectivity index (χ1) is 13.4. The highest BCUT2D eigenvalue weighted by Crippen LogP contribution is 2.15. The Balaban J connectivity index is 1.79. The summed E-state index contributed by atoms with van der Waals surface area (Å²) in [5.41, 5.74) is 6.17. The van der Waals surface area contributed by atoms with E-state index in [-0.39, 0.29) is 17.0 Å². The number of ether oxygens (including phenoxy) is 2. The molecule has 8 heteroatoms. The van der Waals surface area contributed by atoms with Gasteiger partial charge in [0.05, 0.1) is 11.3 Å². The third-order valence-corrected chi connectivity index (χ3v) is 3.68. The summed E-state index contributed by atoms with van der Waals surface area (Å²) in [7, 11) is 0. The Bertz CT molecular complexity index is 877. The summed E-state index contributed by atoms with van der Waals surface area (Å²) in [4.78, 5) is 46.5. The second-order valence-electron chi connectivity index (χ2n) is 5.71. The largest absolute Gasteiger partial charge is 0.482 e. The van der Waals surface area contributed by atoms with Gasteiger partial charge < -0.3 is 20.5 Å². The molecule has 0 saturated heterocycles. The zero-order valence-electron chi connectivity index (χ0n) is 15.3. The van der Waals surface area contributed by atoms with E-state index in [0.717, 1.165) is 0 Å². The number of Topliss-reactive ketones (excluding diaryl/α,β-unsaturated/α-hetero) is 1. The van der Waals surface area contributed by atoms with Gasteiger partial charge in [0.25, 0.3) is 11.8 Å². The zero-order valence-corrected chi connectivity index (χ0v) is 15.3. The average Bonchev–Trinajstić information content (AvgIpc) is 2.70. The second kappa shape index (κ2) is 9.86. The van der Waals surface area contributed by atoms with Crippen LogP contribution in [-0.4, -0.2) is 36.8 Å². The fourth-order valence-corrected chi connectivity index (χ4v) is 2.26. The molecular weight excluding hydrogens is 364 g/mol. The maximum absolute atomic E-state index is 11.9. The maximum Gasteiger partial charge on any atom is 0.344 e. The van der Waals surface area contributed by atoms with E-state index < -0.39 is 31.0 Å². The Morgan fingerprint density at radius 2 is 1.64 bits per heavy atom. The van der Waals surface area contributed by atoms with Crippen molar-refractivity contribution in [3.63, 3.8) is 0 Å². The van der Waals surface area contributed by atoms with Gasteiger partial charge in [0.1, 0.15) is 5.75 Å². The van der Waals surface area contributed by atoms with Crippen LogP contribution in [0, 0.1) is 0 Å². The number of hydrogen-bond donors (Lipinski definition) is 2. The average molecular weight is 384 g/mol. The first-order valence-electron chi connectivity index (χ1n) is 8.51. The quantitative estimate of drug-likeness (QED) is 0.503. The van der Waals surface area contributed by atoms with Crippen molar-refractivity contribution < 1.29 is 28.7 Å². The number of amides is 2. The molecule has 2 rings (SSSR count). The highest BCUT2D eigenvalue weighted by molar-refractivity contribution is 6.03. The monoisotopic (exact) mass is 384 g/mol. The first kappa shape index (κ1) is 20.6. The minimum atomic E-state index is -0.743. The van der Waals surface area contributed by atoms with E-state index in [0.29, 0.717) is 17.7 Å². The molecule has 0 atom stereocenters. The number of hydrogen-bond acceptors (Lipinski definition) is 6. The van der Waals surface area contributed by atoms with E-state index in [1.807, 2.05) is 0 Å². The van der Waals surface area contributed by atoms with Gasteiger partial charge >= 0.3 is 5.97 Å². The summed E-state index contributed by atoms with van der Waals surface area (Å²) in [5, 5.41) is 2.45. The number of para-hydroxylation sites is 1. The Morgan fingerprint density at radius 1 is 0.964 bits per heavy atom. The smallest absolute Gasteiger partial charge is 0.344 e. The standard InChI is InChI=1S/C20H20N2O6/c1-2-17(23)13-7-9-14(10-8-13)27-12-19(25)28-11-18(24)22-16-6-4-3-5-15(16)20(21)26/h3-10H,2,11-12H2,1H3,(H2,21,26)(H,22,24). The van der Waals surface area contributed by atoms with E-state index in [1.54, 1.807) is 43.3 Å². The van der Waals surface area contributed by atoms with Crippen LogP contribution in [0.3, 0.4) is 0 Å². The summed E-state index contributed by atoms with van der Waals surface area (Å²) in [6.45, 7) is 0.830. The predicted molar refractivity (Wildman–Crippen MR) is 101 cm³/mol. The van der Waals surface area contributed by atoms with Crippen LogP contribution in [0.5, 0.6) is 5.75 Å². The van der Waals surface area contributed by atoms with Crippen LogP contribution in [0.1, 0.15) is 34.1 Å². The van der Waals surface area contributed by atoms with Gasteiger partial charge in [0, 0.05) is 12.0 Å². The Labute approximate surface area is 161 Å². The first-order valence-corrected chi connectivity index (χ1v) is 8.51. The van der Waals surface area contributed by atoms with E-state index in [2.05, 4.69) is 5.32 Å². The molecule has 146 valence electrons. The van der Waals surface area contributed by atoms with Crippen molar-refractivity contribution >= 4 is 29.3 Å². The minimum absolute atomic E-state index is 0.00915. The summed E-state index contributed by atoms with van der Waals surface area (Å²) in [5.74, 6) is -1.65.